The monoisotopic (exact) mass is 359 g/mol. The Labute approximate surface area is 150 Å². The normalized spacial score (nSPS) is 31.8. The van der Waals surface area contributed by atoms with Crippen LogP contribution in [0, 0.1) is 0 Å². The van der Waals surface area contributed by atoms with Gasteiger partial charge in [-0.3, -0.25) is 10.3 Å². The van der Waals surface area contributed by atoms with Gasteiger partial charge in [0, 0.05) is 18.8 Å². The summed E-state index contributed by atoms with van der Waals surface area (Å²) in [4.78, 5) is 2.08. The van der Waals surface area contributed by atoms with Gasteiger partial charge in [0.15, 0.2) is 0 Å². The molecule has 0 bridgehead atoms. The lowest BCUT2D eigenvalue weighted by Crippen LogP contribution is -2.76. The summed E-state index contributed by atoms with van der Waals surface area (Å²) in [5.74, 6) is 0. The van der Waals surface area contributed by atoms with Crippen molar-refractivity contribution in [1.29, 1.82) is 0 Å². The maximum absolute atomic E-state index is 10.4. The van der Waals surface area contributed by atoms with Crippen molar-refractivity contribution in [1.82, 2.24) is 10.3 Å². The quantitative estimate of drug-likeness (QED) is 0.566. The minimum absolute atomic E-state index is 0.225. The first-order valence-electron chi connectivity index (χ1n) is 8.48. The lowest BCUT2D eigenvalue weighted by Gasteiger charge is -2.49. The van der Waals surface area contributed by atoms with Crippen LogP contribution < -0.4 is 10.7 Å². The molecule has 4 rings (SSSR count). The molecule has 3 aliphatic rings. The summed E-state index contributed by atoms with van der Waals surface area (Å²) < 4.78 is 5.46. The average molecular weight is 359 g/mol. The van der Waals surface area contributed by atoms with Crippen LogP contribution in [0.5, 0.6) is 0 Å². The van der Waals surface area contributed by atoms with Crippen molar-refractivity contribution in [2.75, 3.05) is 38.2 Å². The van der Waals surface area contributed by atoms with E-state index in [1.54, 1.807) is 6.21 Å². The molecule has 10 nitrogen and oxygen atoms in total. The molecule has 0 aliphatic carbocycles. The van der Waals surface area contributed by atoms with Crippen LogP contribution in [0.2, 0.25) is 0 Å². The van der Waals surface area contributed by atoms with Gasteiger partial charge in [-0.05, 0) is 17.4 Å². The van der Waals surface area contributed by atoms with Crippen LogP contribution in [0.25, 0.3) is 0 Å². The molecule has 1 aromatic rings. The Morgan fingerprint density at radius 2 is 2.04 bits per heavy atom. The zero-order valence-electron chi connectivity index (χ0n) is 14.1. The van der Waals surface area contributed by atoms with Gasteiger partial charge in [-0.25, -0.2) is 0 Å². The largest absolute Gasteiger partial charge is 0.393 e. The fraction of sp³-hybridized carbons (Fsp3) is 0.500. The molecule has 26 heavy (non-hydrogen) atoms. The van der Waals surface area contributed by atoms with E-state index in [9.17, 15) is 10.2 Å². The van der Waals surface area contributed by atoms with Crippen LogP contribution in [0.15, 0.2) is 50.9 Å². The summed E-state index contributed by atoms with van der Waals surface area (Å²) in [6.07, 6.45) is 0.441. The number of aliphatic hydroxyl groups excluding tert-OH is 2. The summed E-state index contributed by atoms with van der Waals surface area (Å²) in [6, 6.07) is 9.50. The highest BCUT2D eigenvalue weighted by Crippen LogP contribution is 2.39. The predicted molar refractivity (Wildman–Crippen MR) is 94.9 cm³/mol. The molecule has 3 heterocycles. The second-order valence-corrected chi connectivity index (χ2v) is 6.31. The minimum Gasteiger partial charge on any atom is -0.393 e. The smallest absolute Gasteiger partial charge is 0.222 e. The van der Waals surface area contributed by atoms with Crippen molar-refractivity contribution < 1.29 is 14.9 Å². The summed E-state index contributed by atoms with van der Waals surface area (Å²) in [5.41, 5.74) is 1.83. The van der Waals surface area contributed by atoms with Crippen molar-refractivity contribution in [3.05, 3.63) is 30.3 Å². The van der Waals surface area contributed by atoms with Gasteiger partial charge < -0.3 is 20.3 Å². The summed E-state index contributed by atoms with van der Waals surface area (Å²) in [5, 5.41) is 40.0. The highest BCUT2D eigenvalue weighted by Gasteiger charge is 2.64. The SMILES string of the molecule is OCC(O)C1=NN=NC2(N3CCOCC3)C=NNC12Nc1ccccc1. The zero-order chi connectivity index (χ0) is 18.0. The molecular weight excluding hydrogens is 338 g/mol. The first-order chi connectivity index (χ1) is 12.7. The van der Waals surface area contributed by atoms with Crippen LogP contribution in [0.4, 0.5) is 5.69 Å². The number of hydrogen-bond acceptors (Lipinski definition) is 10. The number of benzene rings is 1. The Morgan fingerprint density at radius 1 is 1.27 bits per heavy atom. The third-order valence-corrected chi connectivity index (χ3v) is 4.85. The van der Waals surface area contributed by atoms with E-state index >= 15 is 0 Å². The molecule has 1 saturated heterocycles. The number of aliphatic hydroxyl groups is 2. The maximum Gasteiger partial charge on any atom is 0.222 e. The number of morpholine rings is 1. The second kappa shape index (κ2) is 6.72. The molecule has 1 fully saturated rings. The van der Waals surface area contributed by atoms with Crippen LogP contribution in [-0.2, 0) is 4.74 Å². The number of hydrazone groups is 1. The predicted octanol–water partition coefficient (Wildman–Crippen LogP) is -0.413. The number of anilines is 1. The molecule has 4 N–H and O–H groups in total. The molecule has 138 valence electrons. The Balaban J connectivity index is 1.81. The molecule has 3 unspecified atom stereocenters. The van der Waals surface area contributed by atoms with Gasteiger partial charge in [-0.15, -0.1) is 10.2 Å². The van der Waals surface area contributed by atoms with Crippen molar-refractivity contribution in [2.24, 2.45) is 20.5 Å². The topological polar surface area (TPSA) is 126 Å². The van der Waals surface area contributed by atoms with Crippen molar-refractivity contribution >= 4 is 17.6 Å². The van der Waals surface area contributed by atoms with Crippen LogP contribution in [0.1, 0.15) is 0 Å². The third-order valence-electron chi connectivity index (χ3n) is 4.85. The fourth-order valence-electron chi connectivity index (χ4n) is 3.57. The lowest BCUT2D eigenvalue weighted by molar-refractivity contribution is -0.0132. The molecule has 3 atom stereocenters. The Morgan fingerprint density at radius 3 is 2.77 bits per heavy atom. The molecule has 10 heteroatoms. The van der Waals surface area contributed by atoms with Gasteiger partial charge in [-0.1, -0.05) is 18.2 Å². The number of para-hydroxylation sites is 1. The van der Waals surface area contributed by atoms with E-state index in [1.807, 2.05) is 30.3 Å². The number of nitrogens with zero attached hydrogens (tertiary/aromatic N) is 5. The van der Waals surface area contributed by atoms with Crippen molar-refractivity contribution in [2.45, 2.75) is 17.4 Å². The molecule has 3 aliphatic heterocycles. The maximum atomic E-state index is 10.4. The second-order valence-electron chi connectivity index (χ2n) is 6.31. The van der Waals surface area contributed by atoms with E-state index in [-0.39, 0.29) is 5.71 Å². The summed E-state index contributed by atoms with van der Waals surface area (Å²) in [7, 11) is 0. The molecule has 0 saturated carbocycles. The van der Waals surface area contributed by atoms with Gasteiger partial charge in [0.05, 0.1) is 26.0 Å². The highest BCUT2D eigenvalue weighted by atomic mass is 16.5. The number of ether oxygens (including phenoxy) is 1. The number of fused-ring (bicyclic) bond motifs is 1. The molecule has 0 spiro atoms. The van der Waals surface area contributed by atoms with Gasteiger partial charge in [-0.2, -0.15) is 5.10 Å². The minimum atomic E-state index is -1.22. The molecule has 0 radical (unpaired) electrons. The first kappa shape index (κ1) is 17.0. The highest BCUT2D eigenvalue weighted by molar-refractivity contribution is 6.05. The summed E-state index contributed by atoms with van der Waals surface area (Å²) >= 11 is 0. The van der Waals surface area contributed by atoms with E-state index in [1.165, 1.54) is 0 Å². The molecular formula is C16H21N7O3. The van der Waals surface area contributed by atoms with Crippen LogP contribution in [0.3, 0.4) is 0 Å². The van der Waals surface area contributed by atoms with Gasteiger partial charge in [0.1, 0.15) is 11.8 Å². The number of nitrogens with one attached hydrogen (secondary N) is 2. The number of hydrogen-bond donors (Lipinski definition) is 4. The van der Waals surface area contributed by atoms with E-state index in [0.29, 0.717) is 26.3 Å². The lowest BCUT2D eigenvalue weighted by atomic mass is 9.85. The van der Waals surface area contributed by atoms with Gasteiger partial charge in [0.25, 0.3) is 0 Å². The van der Waals surface area contributed by atoms with E-state index in [4.69, 9.17) is 4.74 Å². The van der Waals surface area contributed by atoms with E-state index in [2.05, 4.69) is 36.2 Å². The number of rotatable bonds is 5. The van der Waals surface area contributed by atoms with E-state index < -0.39 is 24.0 Å². The zero-order valence-corrected chi connectivity index (χ0v) is 14.1. The Bertz CT molecular complexity index is 735. The van der Waals surface area contributed by atoms with Gasteiger partial charge >= 0.3 is 0 Å². The Kier molecular flexibility index (Phi) is 4.41. The van der Waals surface area contributed by atoms with E-state index in [0.717, 1.165) is 5.69 Å². The molecule has 0 aromatic heterocycles. The van der Waals surface area contributed by atoms with Gasteiger partial charge in [0.2, 0.25) is 11.3 Å². The Hall–Kier alpha value is -2.40. The molecule has 1 aromatic carbocycles. The van der Waals surface area contributed by atoms with Crippen molar-refractivity contribution in [3.8, 4) is 0 Å². The average Bonchev–Trinajstić information content (AvgIpc) is 3.08. The third kappa shape index (κ3) is 2.50. The van der Waals surface area contributed by atoms with Crippen LogP contribution >= 0.6 is 0 Å². The van der Waals surface area contributed by atoms with Crippen molar-refractivity contribution in [3.63, 3.8) is 0 Å². The van der Waals surface area contributed by atoms with Crippen LogP contribution in [-0.4, -0.2) is 77.4 Å². The summed E-state index contributed by atoms with van der Waals surface area (Å²) in [6.45, 7) is 1.86. The fourth-order valence-corrected chi connectivity index (χ4v) is 3.57. The molecule has 0 amide bonds. The first-order valence-corrected chi connectivity index (χ1v) is 8.48. The standard InChI is InChI=1S/C16H21N7O3/c24-10-13(25)14-16(18-12-4-2-1-3-5-12)15(11-17-21-16,20-22-19-14)23-6-8-26-9-7-23/h1-5,11,13,18,21,24-25H,6-10H2.